The molecule has 1 atom stereocenters. The number of carbonyl (C=O) groups is 3. The van der Waals surface area contributed by atoms with Crippen LogP contribution in [0, 0.1) is 12.8 Å². The van der Waals surface area contributed by atoms with E-state index in [2.05, 4.69) is 15.5 Å². The molecule has 0 spiro atoms. The number of carbonyl (C=O) groups excluding carboxylic acids is 3. The summed E-state index contributed by atoms with van der Waals surface area (Å²) < 4.78 is 4.94. The van der Waals surface area contributed by atoms with Crippen LogP contribution in [0.4, 0.5) is 10.8 Å². The Hall–Kier alpha value is -3.24. The number of halogens is 1. The van der Waals surface area contributed by atoms with E-state index < -0.39 is 11.8 Å². The van der Waals surface area contributed by atoms with Crippen molar-refractivity contribution >= 4 is 51.5 Å². The molecule has 2 aliphatic rings. The topological polar surface area (TPSA) is 109 Å². The van der Waals surface area contributed by atoms with Crippen molar-refractivity contribution in [1.29, 1.82) is 0 Å². The zero-order valence-electron chi connectivity index (χ0n) is 17.7. The average molecular weight is 486 g/mol. The minimum atomic E-state index is -0.391. The minimum Gasteiger partial charge on any atom is -0.361 e. The van der Waals surface area contributed by atoms with Crippen LogP contribution >= 0.6 is 22.9 Å². The third-order valence-electron chi connectivity index (χ3n) is 5.74. The van der Waals surface area contributed by atoms with Crippen molar-refractivity contribution in [3.05, 3.63) is 57.4 Å². The van der Waals surface area contributed by atoms with Crippen LogP contribution in [0.2, 0.25) is 5.02 Å². The van der Waals surface area contributed by atoms with E-state index in [1.54, 1.807) is 47.1 Å². The van der Waals surface area contributed by atoms with E-state index in [0.717, 1.165) is 16.3 Å². The number of nitrogens with zero attached hydrogens (tertiary/aromatic N) is 4. The molecule has 9 nitrogen and oxygen atoms in total. The van der Waals surface area contributed by atoms with Gasteiger partial charge in [-0.25, -0.2) is 4.98 Å². The monoisotopic (exact) mass is 485 g/mol. The van der Waals surface area contributed by atoms with Gasteiger partial charge in [0, 0.05) is 47.6 Å². The number of aryl methyl sites for hydroxylation is 1. The number of fused-ring (bicyclic) bond motifs is 1. The Morgan fingerprint density at radius 1 is 1.27 bits per heavy atom. The highest BCUT2D eigenvalue weighted by Gasteiger charge is 2.38. The summed E-state index contributed by atoms with van der Waals surface area (Å²) in [6.07, 6.45) is 0.782. The lowest BCUT2D eigenvalue weighted by Crippen LogP contribution is -2.40. The highest BCUT2D eigenvalue weighted by molar-refractivity contribution is 7.15. The van der Waals surface area contributed by atoms with E-state index in [1.165, 1.54) is 11.3 Å². The standard InChI is InChI=1S/C22H20ClN5O4S/c1-12-8-17(26-32-12)20(30)25-22-24-16-6-7-27(11-18(16)33-22)21(31)13-9-19(29)28(10-13)15-4-2-14(23)3-5-15/h2-5,8,13H,6-7,9-11H2,1H3,(H,24,25,30). The molecule has 3 amide bonds. The number of amides is 3. The molecule has 170 valence electrons. The second kappa shape index (κ2) is 8.60. The Morgan fingerprint density at radius 2 is 2.06 bits per heavy atom. The van der Waals surface area contributed by atoms with E-state index >= 15 is 0 Å². The van der Waals surface area contributed by atoms with Gasteiger partial charge in [0.25, 0.3) is 5.91 Å². The third kappa shape index (κ3) is 4.36. The molecule has 11 heteroatoms. The van der Waals surface area contributed by atoms with Crippen LogP contribution in [0.25, 0.3) is 0 Å². The molecule has 0 radical (unpaired) electrons. The van der Waals surface area contributed by atoms with Gasteiger partial charge >= 0.3 is 0 Å². The van der Waals surface area contributed by atoms with Crippen LogP contribution in [0.15, 0.2) is 34.9 Å². The number of hydrogen-bond donors (Lipinski definition) is 1. The number of aromatic nitrogens is 2. The first-order valence-corrected chi connectivity index (χ1v) is 11.6. The van der Waals surface area contributed by atoms with E-state index in [9.17, 15) is 14.4 Å². The Kier molecular flexibility index (Phi) is 5.63. The molecule has 2 aliphatic heterocycles. The van der Waals surface area contributed by atoms with Gasteiger partial charge in [-0.1, -0.05) is 28.1 Å². The molecule has 0 bridgehead atoms. The van der Waals surface area contributed by atoms with Crippen molar-refractivity contribution in [2.75, 3.05) is 23.3 Å². The zero-order valence-corrected chi connectivity index (χ0v) is 19.3. The predicted molar refractivity (Wildman–Crippen MR) is 122 cm³/mol. The summed E-state index contributed by atoms with van der Waals surface area (Å²) in [6, 6.07) is 8.59. The van der Waals surface area contributed by atoms with Crippen LogP contribution in [-0.2, 0) is 22.6 Å². The van der Waals surface area contributed by atoms with Gasteiger partial charge in [0.1, 0.15) is 5.76 Å². The predicted octanol–water partition coefficient (Wildman–Crippen LogP) is 3.28. The first-order chi connectivity index (χ1) is 15.9. The van der Waals surface area contributed by atoms with Gasteiger partial charge in [0.2, 0.25) is 11.8 Å². The molecular weight excluding hydrogens is 466 g/mol. The zero-order chi connectivity index (χ0) is 23.1. The van der Waals surface area contributed by atoms with Gasteiger partial charge in [-0.3, -0.25) is 19.7 Å². The number of rotatable bonds is 4. The molecule has 3 aromatic rings. The molecule has 0 saturated carbocycles. The molecule has 1 N–H and O–H groups in total. The maximum Gasteiger partial charge on any atom is 0.279 e. The molecule has 1 fully saturated rings. The molecule has 33 heavy (non-hydrogen) atoms. The molecule has 5 rings (SSSR count). The first kappa shape index (κ1) is 21.6. The van der Waals surface area contributed by atoms with Crippen LogP contribution in [-0.4, -0.2) is 45.9 Å². The third-order valence-corrected chi connectivity index (χ3v) is 6.99. The number of thiazole rings is 1. The number of anilines is 2. The maximum absolute atomic E-state index is 13.2. The van der Waals surface area contributed by atoms with Crippen molar-refractivity contribution in [2.45, 2.75) is 26.3 Å². The molecule has 1 unspecified atom stereocenters. The Bertz CT molecular complexity index is 1240. The fourth-order valence-corrected chi connectivity index (χ4v) is 5.22. The molecule has 4 heterocycles. The average Bonchev–Trinajstić information content (AvgIpc) is 3.51. The second-order valence-corrected chi connectivity index (χ2v) is 9.58. The number of hydrogen-bond acceptors (Lipinski definition) is 7. The lowest BCUT2D eigenvalue weighted by molar-refractivity contribution is -0.136. The normalized spacial score (nSPS) is 17.9. The SMILES string of the molecule is Cc1cc(C(=O)Nc2nc3c(s2)CN(C(=O)C2CC(=O)N(c4ccc(Cl)cc4)C2)CC3)no1. The number of benzene rings is 1. The largest absolute Gasteiger partial charge is 0.361 e. The molecule has 1 saturated heterocycles. The molecule has 1 aromatic carbocycles. The van der Waals surface area contributed by atoms with Crippen LogP contribution in [0.5, 0.6) is 0 Å². The van der Waals surface area contributed by atoms with Crippen LogP contribution in [0.1, 0.15) is 33.2 Å². The fraction of sp³-hybridized carbons (Fsp3) is 0.318. The molecule has 0 aliphatic carbocycles. The quantitative estimate of drug-likeness (QED) is 0.607. The van der Waals surface area contributed by atoms with Gasteiger partial charge in [-0.2, -0.15) is 0 Å². The maximum atomic E-state index is 13.2. The smallest absolute Gasteiger partial charge is 0.279 e. The van der Waals surface area contributed by atoms with Crippen molar-refractivity contribution in [3.63, 3.8) is 0 Å². The molecular formula is C22H20ClN5O4S. The van der Waals surface area contributed by atoms with Gasteiger partial charge < -0.3 is 14.3 Å². The van der Waals surface area contributed by atoms with Gasteiger partial charge in [0.05, 0.1) is 18.2 Å². The Labute approximate surface area is 198 Å². The Morgan fingerprint density at radius 3 is 2.79 bits per heavy atom. The van der Waals surface area contributed by atoms with Crippen molar-refractivity contribution in [3.8, 4) is 0 Å². The number of nitrogens with one attached hydrogen (secondary N) is 1. The van der Waals surface area contributed by atoms with Crippen molar-refractivity contribution in [2.24, 2.45) is 5.92 Å². The highest BCUT2D eigenvalue weighted by Crippen LogP contribution is 2.32. The lowest BCUT2D eigenvalue weighted by Gasteiger charge is -2.28. The summed E-state index contributed by atoms with van der Waals surface area (Å²) >= 11 is 7.28. The minimum absolute atomic E-state index is 0.0393. The van der Waals surface area contributed by atoms with E-state index in [4.69, 9.17) is 16.1 Å². The van der Waals surface area contributed by atoms with E-state index in [1.807, 2.05) is 0 Å². The Balaban J connectivity index is 1.23. The van der Waals surface area contributed by atoms with E-state index in [-0.39, 0.29) is 23.9 Å². The first-order valence-electron chi connectivity index (χ1n) is 10.5. The van der Waals surface area contributed by atoms with Crippen LogP contribution in [0.3, 0.4) is 0 Å². The summed E-state index contributed by atoms with van der Waals surface area (Å²) in [5, 5.41) is 7.51. The second-order valence-electron chi connectivity index (χ2n) is 8.06. The summed E-state index contributed by atoms with van der Waals surface area (Å²) in [6.45, 7) is 3.00. The lowest BCUT2D eigenvalue weighted by atomic mass is 10.1. The fourth-order valence-electron chi connectivity index (χ4n) is 4.07. The van der Waals surface area contributed by atoms with Crippen molar-refractivity contribution in [1.82, 2.24) is 15.0 Å². The van der Waals surface area contributed by atoms with Gasteiger partial charge in [0.15, 0.2) is 10.8 Å². The summed E-state index contributed by atoms with van der Waals surface area (Å²) in [7, 11) is 0. The van der Waals surface area contributed by atoms with Gasteiger partial charge in [-0.15, -0.1) is 0 Å². The summed E-state index contributed by atoms with van der Waals surface area (Å²) in [5.41, 5.74) is 1.81. The summed E-state index contributed by atoms with van der Waals surface area (Å²) in [4.78, 5) is 46.9. The van der Waals surface area contributed by atoms with Crippen LogP contribution < -0.4 is 10.2 Å². The van der Waals surface area contributed by atoms with Gasteiger partial charge in [-0.05, 0) is 31.2 Å². The highest BCUT2D eigenvalue weighted by atomic mass is 35.5. The van der Waals surface area contributed by atoms with E-state index in [0.29, 0.717) is 42.0 Å². The summed E-state index contributed by atoms with van der Waals surface area (Å²) in [5.74, 6) is -0.343. The van der Waals surface area contributed by atoms with Crippen molar-refractivity contribution < 1.29 is 18.9 Å². The molecule has 2 aromatic heterocycles.